The molecule has 0 saturated heterocycles. The first-order chi connectivity index (χ1) is 16.3. The van der Waals surface area contributed by atoms with Crippen LogP contribution in [0.4, 0.5) is 11.4 Å². The summed E-state index contributed by atoms with van der Waals surface area (Å²) in [7, 11) is -4.35. The van der Waals surface area contributed by atoms with Crippen molar-refractivity contribution >= 4 is 56.4 Å². The number of para-hydroxylation sites is 2. The molecule has 0 saturated carbocycles. The number of hydrogen-bond donors (Lipinski definition) is 2. The number of anilines is 2. The molecule has 8 nitrogen and oxygen atoms in total. The highest BCUT2D eigenvalue weighted by Crippen LogP contribution is 2.39. The Kier molecular flexibility index (Phi) is 7.06. The van der Waals surface area contributed by atoms with Gasteiger partial charge in [-0.05, 0) is 36.4 Å². The molecule has 0 aliphatic carbocycles. The highest BCUT2D eigenvalue weighted by molar-refractivity contribution is 7.93. The first-order valence-electron chi connectivity index (χ1n) is 10.3. The van der Waals surface area contributed by atoms with Crippen LogP contribution >= 0.6 is 23.2 Å². The molecule has 2 heterocycles. The van der Waals surface area contributed by atoms with Crippen LogP contribution in [-0.2, 0) is 26.0 Å². The Hall–Kier alpha value is -3.14. The largest absolute Gasteiger partial charge is 0.356 e. The van der Waals surface area contributed by atoms with Gasteiger partial charge in [0.05, 0.1) is 27.8 Å². The molecule has 4 rings (SSSR count). The zero-order valence-corrected chi connectivity index (χ0v) is 20.1. The van der Waals surface area contributed by atoms with Crippen LogP contribution in [0.3, 0.4) is 0 Å². The molecule has 1 aliphatic rings. The Morgan fingerprint density at radius 2 is 1.82 bits per heavy atom. The van der Waals surface area contributed by atoms with Gasteiger partial charge in [0.2, 0.25) is 11.8 Å². The highest BCUT2D eigenvalue weighted by atomic mass is 35.5. The fourth-order valence-corrected chi connectivity index (χ4v) is 6.02. The van der Waals surface area contributed by atoms with Crippen molar-refractivity contribution in [3.05, 3.63) is 82.6 Å². The van der Waals surface area contributed by atoms with E-state index in [0.29, 0.717) is 12.1 Å². The molecule has 34 heavy (non-hydrogen) atoms. The predicted molar refractivity (Wildman–Crippen MR) is 131 cm³/mol. The van der Waals surface area contributed by atoms with Crippen LogP contribution in [0, 0.1) is 0 Å². The van der Waals surface area contributed by atoms with Gasteiger partial charge in [0.1, 0.15) is 10.9 Å². The van der Waals surface area contributed by atoms with Gasteiger partial charge in [-0.3, -0.25) is 18.9 Å². The van der Waals surface area contributed by atoms with Crippen molar-refractivity contribution in [3.63, 3.8) is 0 Å². The Balaban J connectivity index is 1.63. The second kappa shape index (κ2) is 10.0. The summed E-state index contributed by atoms with van der Waals surface area (Å²) < 4.78 is 28.4. The van der Waals surface area contributed by atoms with Crippen molar-refractivity contribution in [3.8, 4) is 0 Å². The van der Waals surface area contributed by atoms with Crippen LogP contribution in [0.25, 0.3) is 0 Å². The van der Waals surface area contributed by atoms with E-state index in [9.17, 15) is 18.0 Å². The summed E-state index contributed by atoms with van der Waals surface area (Å²) in [5.41, 5.74) is 1.33. The molecule has 1 atom stereocenters. The van der Waals surface area contributed by atoms with E-state index in [1.807, 2.05) is 12.1 Å². The lowest BCUT2D eigenvalue weighted by molar-refractivity contribution is -0.125. The molecule has 1 aliphatic heterocycles. The Bertz CT molecular complexity index is 1340. The van der Waals surface area contributed by atoms with Gasteiger partial charge in [0.25, 0.3) is 10.0 Å². The molecule has 2 amide bonds. The monoisotopic (exact) mass is 518 g/mol. The lowest BCUT2D eigenvalue weighted by atomic mass is 10.1. The standard InChI is InChI=1S/C23H20Cl2N4O4S/c24-16-7-5-10-20(22(16)25)34(32,33)29-18-9-2-1-8-17(18)28-23(31)19(29)14-21(30)27-13-11-15-6-3-4-12-26-15/h1-10,12,19H,11,13-14H2,(H,27,30)(H,28,31)/t19-/m1/s1. The van der Waals surface area contributed by atoms with Gasteiger partial charge >= 0.3 is 0 Å². The summed E-state index contributed by atoms with van der Waals surface area (Å²) in [5, 5.41) is 5.31. The number of amides is 2. The first kappa shape index (κ1) is 24.0. The van der Waals surface area contributed by atoms with Gasteiger partial charge in [-0.2, -0.15) is 0 Å². The lowest BCUT2D eigenvalue weighted by Crippen LogP contribution is -2.52. The maximum Gasteiger partial charge on any atom is 0.266 e. The number of nitrogens with zero attached hydrogens (tertiary/aromatic N) is 2. The summed E-state index contributed by atoms with van der Waals surface area (Å²) in [4.78, 5) is 29.6. The van der Waals surface area contributed by atoms with Crippen LogP contribution in [-0.4, -0.2) is 37.8 Å². The summed E-state index contributed by atoms with van der Waals surface area (Å²) in [6.45, 7) is 0.285. The van der Waals surface area contributed by atoms with Crippen molar-refractivity contribution in [2.75, 3.05) is 16.2 Å². The number of fused-ring (bicyclic) bond motifs is 1. The molecular formula is C23H20Cl2N4O4S. The number of halogens is 2. The zero-order valence-electron chi connectivity index (χ0n) is 17.7. The van der Waals surface area contributed by atoms with E-state index in [1.165, 1.54) is 18.2 Å². The normalized spacial score (nSPS) is 15.4. The quantitative estimate of drug-likeness (QED) is 0.496. The van der Waals surface area contributed by atoms with Crippen LogP contribution in [0.1, 0.15) is 12.1 Å². The highest BCUT2D eigenvalue weighted by Gasteiger charge is 2.42. The van der Waals surface area contributed by atoms with E-state index in [2.05, 4.69) is 15.6 Å². The van der Waals surface area contributed by atoms with Crippen molar-refractivity contribution in [2.45, 2.75) is 23.8 Å². The molecule has 0 spiro atoms. The van der Waals surface area contributed by atoms with Gasteiger partial charge in [0.15, 0.2) is 0 Å². The van der Waals surface area contributed by atoms with E-state index in [0.717, 1.165) is 10.00 Å². The molecular weight excluding hydrogens is 499 g/mol. The second-order valence-electron chi connectivity index (χ2n) is 7.50. The van der Waals surface area contributed by atoms with Gasteiger partial charge in [-0.1, -0.05) is 47.5 Å². The van der Waals surface area contributed by atoms with Crippen LogP contribution in [0.15, 0.2) is 71.8 Å². The number of rotatable bonds is 7. The SMILES string of the molecule is O=C(C[C@@H]1C(=O)Nc2ccccc2N1S(=O)(=O)c1cccc(Cl)c1Cl)NCCc1ccccn1. The fraction of sp³-hybridized carbons (Fsp3) is 0.174. The summed E-state index contributed by atoms with van der Waals surface area (Å²) >= 11 is 12.3. The van der Waals surface area contributed by atoms with Gasteiger partial charge < -0.3 is 10.6 Å². The smallest absolute Gasteiger partial charge is 0.266 e. The van der Waals surface area contributed by atoms with Gasteiger partial charge in [-0.25, -0.2) is 8.42 Å². The third kappa shape index (κ3) is 4.86. The first-order valence-corrected chi connectivity index (χ1v) is 12.5. The second-order valence-corrected chi connectivity index (χ2v) is 10.1. The Labute approximate surface area is 206 Å². The number of pyridine rings is 1. The van der Waals surface area contributed by atoms with Crippen LogP contribution in [0.2, 0.25) is 10.0 Å². The molecule has 11 heteroatoms. The van der Waals surface area contributed by atoms with Crippen molar-refractivity contribution in [2.24, 2.45) is 0 Å². The number of aromatic nitrogens is 1. The number of nitrogens with one attached hydrogen (secondary N) is 2. The van der Waals surface area contributed by atoms with E-state index in [-0.39, 0.29) is 33.6 Å². The molecule has 3 aromatic rings. The van der Waals surface area contributed by atoms with Gasteiger partial charge in [-0.15, -0.1) is 0 Å². The van der Waals surface area contributed by atoms with Crippen LogP contribution in [0.5, 0.6) is 0 Å². The molecule has 0 unspecified atom stereocenters. The number of sulfonamides is 1. The molecule has 0 radical (unpaired) electrons. The van der Waals surface area contributed by atoms with Crippen molar-refractivity contribution < 1.29 is 18.0 Å². The zero-order chi connectivity index (χ0) is 24.3. The molecule has 0 fully saturated rings. The average Bonchev–Trinajstić information content (AvgIpc) is 2.81. The number of benzene rings is 2. The van der Waals surface area contributed by atoms with Crippen LogP contribution < -0.4 is 14.9 Å². The maximum atomic E-state index is 13.7. The summed E-state index contributed by atoms with van der Waals surface area (Å²) in [6, 6.07) is 14.8. The lowest BCUT2D eigenvalue weighted by Gasteiger charge is -2.36. The molecule has 1 aromatic heterocycles. The molecule has 176 valence electrons. The minimum Gasteiger partial charge on any atom is -0.356 e. The predicted octanol–water partition coefficient (Wildman–Crippen LogP) is 3.65. The Morgan fingerprint density at radius 3 is 2.59 bits per heavy atom. The van der Waals surface area contributed by atoms with Crippen molar-refractivity contribution in [1.82, 2.24) is 10.3 Å². The fourth-order valence-electron chi connectivity index (χ4n) is 3.65. The Morgan fingerprint density at radius 1 is 1.06 bits per heavy atom. The van der Waals surface area contributed by atoms with Gasteiger partial charge in [0, 0.05) is 24.9 Å². The summed E-state index contributed by atoms with van der Waals surface area (Å²) in [5.74, 6) is -1.10. The van der Waals surface area contributed by atoms with E-state index >= 15 is 0 Å². The van der Waals surface area contributed by atoms with E-state index in [4.69, 9.17) is 23.2 Å². The third-order valence-electron chi connectivity index (χ3n) is 5.25. The molecule has 2 aromatic carbocycles. The average molecular weight is 519 g/mol. The van der Waals surface area contributed by atoms with E-state index < -0.39 is 27.9 Å². The minimum absolute atomic E-state index is 0.0568. The van der Waals surface area contributed by atoms with E-state index in [1.54, 1.807) is 36.5 Å². The number of hydrogen-bond acceptors (Lipinski definition) is 5. The molecule has 0 bridgehead atoms. The summed E-state index contributed by atoms with van der Waals surface area (Å²) in [6.07, 6.45) is 1.76. The topological polar surface area (TPSA) is 108 Å². The molecule has 2 N–H and O–H groups in total. The third-order valence-corrected chi connectivity index (χ3v) is 8.04. The number of carbonyl (C=O) groups is 2. The number of carbonyl (C=O) groups excluding carboxylic acids is 2. The van der Waals surface area contributed by atoms with Crippen molar-refractivity contribution in [1.29, 1.82) is 0 Å². The maximum absolute atomic E-state index is 13.7. The minimum atomic E-state index is -4.35.